The van der Waals surface area contributed by atoms with E-state index in [0.29, 0.717) is 0 Å². The lowest BCUT2D eigenvalue weighted by Crippen LogP contribution is -2.32. The molecule has 1 atom stereocenters. The molecule has 29 heavy (non-hydrogen) atoms. The monoisotopic (exact) mass is 413 g/mol. The highest BCUT2D eigenvalue weighted by molar-refractivity contribution is 5.42. The molecule has 2 aromatic carbocycles. The van der Waals surface area contributed by atoms with Crippen LogP contribution in [0.1, 0.15) is 24.1 Å². The quantitative estimate of drug-likeness (QED) is 0.490. The summed E-state index contributed by atoms with van der Waals surface area (Å²) in [5, 5.41) is 3.96. The van der Waals surface area contributed by atoms with Gasteiger partial charge >= 0.3 is 13.2 Å². The fourth-order valence-electron chi connectivity index (χ4n) is 3.01. The van der Waals surface area contributed by atoms with E-state index in [1.807, 2.05) is 0 Å². The van der Waals surface area contributed by atoms with Crippen LogP contribution in [0.15, 0.2) is 61.2 Å². The van der Waals surface area contributed by atoms with Gasteiger partial charge in [0.1, 0.15) is 24.2 Å². The van der Waals surface area contributed by atoms with E-state index in [1.165, 1.54) is 65.9 Å². The van der Waals surface area contributed by atoms with Gasteiger partial charge in [-0.2, -0.15) is 22.7 Å². The van der Waals surface area contributed by atoms with Crippen molar-refractivity contribution in [2.45, 2.75) is 31.9 Å². The maximum absolute atomic E-state index is 16.5. The van der Waals surface area contributed by atoms with Crippen LogP contribution in [0.4, 0.5) is 22.0 Å². The Hall–Kier alpha value is -3.17. The lowest BCUT2D eigenvalue weighted by atomic mass is 9.82. The molecule has 0 spiro atoms. The zero-order valence-corrected chi connectivity index (χ0v) is 15.1. The predicted octanol–water partition coefficient (Wildman–Crippen LogP) is 4.96. The number of nitrogens with zero attached hydrogens (tertiary/aromatic N) is 3. The highest BCUT2D eigenvalue weighted by Crippen LogP contribution is 2.44. The summed E-state index contributed by atoms with van der Waals surface area (Å²) >= 11 is 0. The molecular formula is C19H16F5N3O2. The number of halogens is 5. The van der Waals surface area contributed by atoms with Crippen molar-refractivity contribution in [3.63, 3.8) is 0 Å². The summed E-state index contributed by atoms with van der Waals surface area (Å²) in [7, 11) is 0. The number of benzene rings is 2. The lowest BCUT2D eigenvalue weighted by Gasteiger charge is -2.32. The zero-order valence-electron chi connectivity index (χ0n) is 15.1. The van der Waals surface area contributed by atoms with Crippen LogP contribution in [0.25, 0.3) is 0 Å². The second-order valence-electron chi connectivity index (χ2n) is 6.07. The Kier molecular flexibility index (Phi) is 6.00. The molecule has 0 fully saturated rings. The fraction of sp³-hybridized carbons (Fsp3) is 0.263. The third-order valence-corrected chi connectivity index (χ3v) is 4.41. The average Bonchev–Trinajstić information content (AvgIpc) is 3.22. The molecule has 0 N–H and O–H groups in total. The molecule has 5 nitrogen and oxygen atoms in total. The molecule has 3 rings (SSSR count). The summed E-state index contributed by atoms with van der Waals surface area (Å²) in [6, 6.07) is 9.23. The first kappa shape index (κ1) is 20.6. The number of aromatic nitrogens is 3. The first-order valence-corrected chi connectivity index (χ1v) is 8.44. The van der Waals surface area contributed by atoms with Crippen LogP contribution < -0.4 is 9.47 Å². The van der Waals surface area contributed by atoms with Crippen LogP contribution in [0.3, 0.4) is 0 Å². The molecule has 3 aromatic rings. The summed E-state index contributed by atoms with van der Waals surface area (Å²) in [5.41, 5.74) is -1.94. The predicted molar refractivity (Wildman–Crippen MR) is 92.8 cm³/mol. The molecule has 0 saturated heterocycles. The largest absolute Gasteiger partial charge is 0.435 e. The van der Waals surface area contributed by atoms with Gasteiger partial charge in [0.05, 0.1) is 6.04 Å². The van der Waals surface area contributed by atoms with Gasteiger partial charge in [-0.1, -0.05) is 24.3 Å². The molecule has 0 amide bonds. The number of hydrogen-bond donors (Lipinski definition) is 0. The Bertz CT molecular complexity index is 849. The highest BCUT2D eigenvalue weighted by Gasteiger charge is 2.42. The van der Waals surface area contributed by atoms with Crippen molar-refractivity contribution in [1.82, 2.24) is 14.8 Å². The maximum Gasteiger partial charge on any atom is 0.387 e. The van der Waals surface area contributed by atoms with Crippen LogP contribution in [0.5, 0.6) is 11.5 Å². The second-order valence-corrected chi connectivity index (χ2v) is 6.07. The minimum atomic E-state index is -3.01. The topological polar surface area (TPSA) is 49.2 Å². The molecule has 0 bridgehead atoms. The lowest BCUT2D eigenvalue weighted by molar-refractivity contribution is -0.0505. The molecule has 10 heteroatoms. The van der Waals surface area contributed by atoms with E-state index in [9.17, 15) is 17.6 Å². The summed E-state index contributed by atoms with van der Waals surface area (Å²) in [4.78, 5) is 3.82. The molecule has 1 aromatic heterocycles. The van der Waals surface area contributed by atoms with E-state index in [0.717, 1.165) is 0 Å². The van der Waals surface area contributed by atoms with Gasteiger partial charge in [-0.3, -0.25) is 0 Å². The first-order valence-electron chi connectivity index (χ1n) is 8.44. The standard InChI is InChI=1S/C19H16F5N3O2/c1-12(27-11-25-10-26-27)19(24,13-2-6-15(7-3-13)28-17(20)21)14-4-8-16(9-5-14)29-18(22)23/h2-12,17-18H,1H3. The van der Waals surface area contributed by atoms with Gasteiger partial charge in [0.15, 0.2) is 5.67 Å². The third kappa shape index (κ3) is 4.47. The van der Waals surface area contributed by atoms with E-state index < -0.39 is 24.9 Å². The van der Waals surface area contributed by atoms with Gasteiger partial charge in [-0.05, 0) is 42.3 Å². The number of ether oxygens (including phenoxy) is 2. The Morgan fingerprint density at radius 1 is 0.828 bits per heavy atom. The third-order valence-electron chi connectivity index (χ3n) is 4.41. The van der Waals surface area contributed by atoms with Crippen LogP contribution in [0.2, 0.25) is 0 Å². The first-order chi connectivity index (χ1) is 13.8. The molecule has 0 aliphatic heterocycles. The van der Waals surface area contributed by atoms with E-state index in [4.69, 9.17) is 0 Å². The van der Waals surface area contributed by atoms with Gasteiger partial charge < -0.3 is 9.47 Å². The minimum Gasteiger partial charge on any atom is -0.435 e. The molecule has 0 aliphatic carbocycles. The molecule has 0 saturated carbocycles. The molecule has 154 valence electrons. The molecule has 0 radical (unpaired) electrons. The van der Waals surface area contributed by atoms with Crippen LogP contribution in [0, 0.1) is 0 Å². The number of alkyl halides is 5. The molecule has 1 unspecified atom stereocenters. The summed E-state index contributed by atoms with van der Waals surface area (Å²) in [6.45, 7) is -4.46. The van der Waals surface area contributed by atoms with E-state index in [1.54, 1.807) is 6.92 Å². The molecular weight excluding hydrogens is 397 g/mol. The van der Waals surface area contributed by atoms with Crippen LogP contribution in [-0.2, 0) is 5.67 Å². The van der Waals surface area contributed by atoms with Crippen LogP contribution in [-0.4, -0.2) is 28.0 Å². The Labute approximate surface area is 162 Å². The van der Waals surface area contributed by atoms with Crippen molar-refractivity contribution in [3.05, 3.63) is 72.3 Å². The van der Waals surface area contributed by atoms with Gasteiger partial charge in [-0.25, -0.2) is 14.1 Å². The van der Waals surface area contributed by atoms with E-state index in [-0.39, 0.29) is 22.6 Å². The normalized spacial score (nSPS) is 13.0. The van der Waals surface area contributed by atoms with Crippen molar-refractivity contribution in [2.75, 3.05) is 0 Å². The van der Waals surface area contributed by atoms with E-state index in [2.05, 4.69) is 19.6 Å². The zero-order chi connectivity index (χ0) is 21.0. The van der Waals surface area contributed by atoms with Crippen molar-refractivity contribution >= 4 is 0 Å². The van der Waals surface area contributed by atoms with Crippen molar-refractivity contribution in [1.29, 1.82) is 0 Å². The van der Waals surface area contributed by atoms with Crippen molar-refractivity contribution < 1.29 is 31.4 Å². The minimum absolute atomic E-state index is 0.125. The van der Waals surface area contributed by atoms with Gasteiger partial charge in [0.25, 0.3) is 0 Å². The summed E-state index contributed by atoms with van der Waals surface area (Å²) in [6.07, 6.45) is 2.58. The van der Waals surface area contributed by atoms with Gasteiger partial charge in [-0.15, -0.1) is 0 Å². The highest BCUT2D eigenvalue weighted by atomic mass is 19.3. The summed E-state index contributed by atoms with van der Waals surface area (Å²) < 4.78 is 76.0. The molecule has 0 aliphatic rings. The van der Waals surface area contributed by atoms with Crippen LogP contribution >= 0.6 is 0 Å². The Balaban J connectivity index is 2.02. The van der Waals surface area contributed by atoms with E-state index >= 15 is 4.39 Å². The van der Waals surface area contributed by atoms with Crippen molar-refractivity contribution in [3.8, 4) is 11.5 Å². The smallest absolute Gasteiger partial charge is 0.387 e. The maximum atomic E-state index is 16.5. The van der Waals surface area contributed by atoms with Gasteiger partial charge in [0, 0.05) is 0 Å². The second kappa shape index (κ2) is 8.46. The van der Waals surface area contributed by atoms with Gasteiger partial charge in [0.2, 0.25) is 0 Å². The number of hydrogen-bond acceptors (Lipinski definition) is 4. The SMILES string of the molecule is CC(n1cncn1)C(F)(c1ccc(OC(F)F)cc1)c1ccc(OC(F)F)cc1. The summed E-state index contributed by atoms with van der Waals surface area (Å²) in [5.74, 6) is -0.250. The molecule has 1 heterocycles. The Morgan fingerprint density at radius 3 is 1.62 bits per heavy atom. The van der Waals surface area contributed by atoms with Crippen molar-refractivity contribution in [2.24, 2.45) is 0 Å². The number of rotatable bonds is 8. The Morgan fingerprint density at radius 2 is 1.28 bits per heavy atom. The average molecular weight is 413 g/mol. The fourth-order valence-corrected chi connectivity index (χ4v) is 3.01.